The minimum absolute atomic E-state index is 0.0232. The molecule has 0 unspecified atom stereocenters. The number of hydrogen-bond donors (Lipinski definition) is 1. The standard InChI is InChI=1S/C16H19N3O3/c20-16-4-3-15(19(21)22)11-13(16)12-17-9-5-14(6-10-17)18-7-1-2-8-18/h1-4,7-8,11,14,20H,5-6,9-10,12H2. The van der Waals surface area contributed by atoms with Crippen molar-refractivity contribution in [2.75, 3.05) is 13.1 Å². The van der Waals surface area contributed by atoms with Gasteiger partial charge in [-0.3, -0.25) is 15.0 Å². The van der Waals surface area contributed by atoms with Gasteiger partial charge >= 0.3 is 0 Å². The number of nitrogens with zero attached hydrogens (tertiary/aromatic N) is 3. The summed E-state index contributed by atoms with van der Waals surface area (Å²) in [5.41, 5.74) is 0.642. The van der Waals surface area contributed by atoms with Crippen molar-refractivity contribution < 1.29 is 10.0 Å². The largest absolute Gasteiger partial charge is 0.508 e. The van der Waals surface area contributed by atoms with Crippen LogP contribution in [-0.2, 0) is 6.54 Å². The molecular formula is C16H19N3O3. The molecule has 1 aliphatic rings. The lowest BCUT2D eigenvalue weighted by atomic mass is 10.0. The second-order valence-electron chi connectivity index (χ2n) is 5.71. The van der Waals surface area contributed by atoms with Crippen LogP contribution >= 0.6 is 0 Å². The zero-order valence-electron chi connectivity index (χ0n) is 12.3. The highest BCUT2D eigenvalue weighted by Crippen LogP contribution is 2.27. The molecule has 6 heteroatoms. The molecule has 1 fully saturated rings. The summed E-state index contributed by atoms with van der Waals surface area (Å²) in [7, 11) is 0. The third-order valence-electron chi connectivity index (χ3n) is 4.27. The van der Waals surface area contributed by atoms with Gasteiger partial charge in [-0.25, -0.2) is 0 Å². The molecule has 1 aromatic carbocycles. The van der Waals surface area contributed by atoms with Crippen molar-refractivity contribution in [1.82, 2.24) is 9.47 Å². The van der Waals surface area contributed by atoms with Gasteiger partial charge in [0.2, 0.25) is 0 Å². The first-order chi connectivity index (χ1) is 10.6. The lowest BCUT2D eigenvalue weighted by molar-refractivity contribution is -0.385. The van der Waals surface area contributed by atoms with E-state index >= 15 is 0 Å². The number of phenolic OH excluding ortho intramolecular Hbond substituents is 1. The lowest BCUT2D eigenvalue weighted by Gasteiger charge is -2.32. The molecule has 0 aliphatic carbocycles. The molecule has 0 saturated carbocycles. The molecule has 22 heavy (non-hydrogen) atoms. The van der Waals surface area contributed by atoms with E-state index in [9.17, 15) is 15.2 Å². The van der Waals surface area contributed by atoms with E-state index in [1.54, 1.807) is 0 Å². The summed E-state index contributed by atoms with van der Waals surface area (Å²) < 4.78 is 2.24. The second kappa shape index (κ2) is 6.19. The number of likely N-dealkylation sites (tertiary alicyclic amines) is 1. The number of aromatic hydroxyl groups is 1. The average Bonchev–Trinajstić information content (AvgIpc) is 3.04. The van der Waals surface area contributed by atoms with Crippen LogP contribution in [0, 0.1) is 10.1 Å². The lowest BCUT2D eigenvalue weighted by Crippen LogP contribution is -2.33. The van der Waals surface area contributed by atoms with Crippen LogP contribution in [0.2, 0.25) is 0 Å². The molecular weight excluding hydrogens is 282 g/mol. The van der Waals surface area contributed by atoms with Crippen molar-refractivity contribution in [2.24, 2.45) is 0 Å². The first-order valence-electron chi connectivity index (χ1n) is 7.44. The Morgan fingerprint density at radius 1 is 1.23 bits per heavy atom. The molecule has 116 valence electrons. The SMILES string of the molecule is O=[N+]([O-])c1ccc(O)c(CN2CCC(n3cccc3)CC2)c1. The van der Waals surface area contributed by atoms with Gasteiger partial charge in [-0.15, -0.1) is 0 Å². The number of aromatic nitrogens is 1. The molecule has 0 atom stereocenters. The van der Waals surface area contributed by atoms with Gasteiger partial charge in [-0.1, -0.05) is 0 Å². The summed E-state index contributed by atoms with van der Waals surface area (Å²) in [6, 6.07) is 8.79. The summed E-state index contributed by atoms with van der Waals surface area (Å²) >= 11 is 0. The van der Waals surface area contributed by atoms with Crippen molar-refractivity contribution in [3.63, 3.8) is 0 Å². The van der Waals surface area contributed by atoms with E-state index in [0.29, 0.717) is 18.2 Å². The third kappa shape index (κ3) is 3.12. The fraction of sp³-hybridized carbons (Fsp3) is 0.375. The molecule has 1 saturated heterocycles. The number of piperidine rings is 1. The number of benzene rings is 1. The number of non-ortho nitro benzene ring substituents is 1. The topological polar surface area (TPSA) is 71.5 Å². The van der Waals surface area contributed by atoms with Crippen LogP contribution < -0.4 is 0 Å². The summed E-state index contributed by atoms with van der Waals surface area (Å²) in [5.74, 6) is 0.123. The van der Waals surface area contributed by atoms with E-state index in [1.807, 2.05) is 12.1 Å². The molecule has 6 nitrogen and oxygen atoms in total. The monoisotopic (exact) mass is 301 g/mol. The van der Waals surface area contributed by atoms with Crippen LogP contribution in [0.15, 0.2) is 42.7 Å². The van der Waals surface area contributed by atoms with Gasteiger partial charge in [0.15, 0.2) is 0 Å². The van der Waals surface area contributed by atoms with Crippen molar-refractivity contribution in [1.29, 1.82) is 0 Å². The van der Waals surface area contributed by atoms with Crippen LogP contribution in [-0.4, -0.2) is 32.6 Å². The first-order valence-corrected chi connectivity index (χ1v) is 7.44. The molecule has 0 amide bonds. The van der Waals surface area contributed by atoms with E-state index in [-0.39, 0.29) is 11.4 Å². The smallest absolute Gasteiger partial charge is 0.270 e. The first kappa shape index (κ1) is 14.6. The van der Waals surface area contributed by atoms with Crippen molar-refractivity contribution >= 4 is 5.69 Å². The maximum absolute atomic E-state index is 10.8. The van der Waals surface area contributed by atoms with Gasteiger partial charge in [0.1, 0.15) is 5.75 Å². The zero-order chi connectivity index (χ0) is 15.5. The Labute approximate surface area is 128 Å². The molecule has 3 rings (SSSR count). The summed E-state index contributed by atoms with van der Waals surface area (Å²) in [6.45, 7) is 2.39. The summed E-state index contributed by atoms with van der Waals surface area (Å²) in [4.78, 5) is 12.6. The Hall–Kier alpha value is -2.34. The van der Waals surface area contributed by atoms with Gasteiger partial charge < -0.3 is 9.67 Å². The Morgan fingerprint density at radius 2 is 1.91 bits per heavy atom. The third-order valence-corrected chi connectivity index (χ3v) is 4.27. The molecule has 2 heterocycles. The van der Waals surface area contributed by atoms with Crippen molar-refractivity contribution in [2.45, 2.75) is 25.4 Å². The molecule has 1 aromatic heterocycles. The van der Waals surface area contributed by atoms with Gasteiger partial charge in [0.05, 0.1) is 4.92 Å². The van der Waals surface area contributed by atoms with E-state index in [1.165, 1.54) is 18.2 Å². The maximum atomic E-state index is 10.8. The summed E-state index contributed by atoms with van der Waals surface area (Å²) in [6.07, 6.45) is 6.27. The number of hydrogen-bond acceptors (Lipinski definition) is 4. The molecule has 0 bridgehead atoms. The van der Waals surface area contributed by atoms with Gasteiger partial charge in [0, 0.05) is 55.8 Å². The number of phenols is 1. The molecule has 0 radical (unpaired) electrons. The highest BCUT2D eigenvalue weighted by molar-refractivity contribution is 5.42. The fourth-order valence-electron chi connectivity index (χ4n) is 3.02. The van der Waals surface area contributed by atoms with Crippen LogP contribution in [0.25, 0.3) is 0 Å². The Kier molecular flexibility index (Phi) is 4.11. The van der Waals surface area contributed by atoms with Crippen LogP contribution in [0.3, 0.4) is 0 Å². The van der Waals surface area contributed by atoms with Crippen LogP contribution in [0.5, 0.6) is 5.75 Å². The molecule has 0 spiro atoms. The van der Waals surface area contributed by atoms with Gasteiger partial charge in [0.25, 0.3) is 5.69 Å². The van der Waals surface area contributed by atoms with E-state index in [2.05, 4.69) is 21.9 Å². The van der Waals surface area contributed by atoms with Gasteiger partial charge in [-0.05, 0) is 31.0 Å². The Balaban J connectivity index is 1.63. The molecule has 1 N–H and O–H groups in total. The second-order valence-corrected chi connectivity index (χ2v) is 5.71. The predicted molar refractivity (Wildman–Crippen MR) is 82.7 cm³/mol. The number of nitro groups is 1. The normalized spacial score (nSPS) is 16.7. The quantitative estimate of drug-likeness (QED) is 0.696. The van der Waals surface area contributed by atoms with Crippen LogP contribution in [0.1, 0.15) is 24.4 Å². The number of rotatable bonds is 4. The van der Waals surface area contributed by atoms with Crippen molar-refractivity contribution in [3.8, 4) is 5.75 Å². The highest BCUT2D eigenvalue weighted by atomic mass is 16.6. The van der Waals surface area contributed by atoms with E-state index in [4.69, 9.17) is 0 Å². The predicted octanol–water partition coefficient (Wildman–Crippen LogP) is 2.94. The van der Waals surface area contributed by atoms with Gasteiger partial charge in [-0.2, -0.15) is 0 Å². The minimum Gasteiger partial charge on any atom is -0.508 e. The minimum atomic E-state index is -0.429. The van der Waals surface area contributed by atoms with E-state index in [0.717, 1.165) is 25.9 Å². The number of nitro benzene ring substituents is 1. The fourth-order valence-corrected chi connectivity index (χ4v) is 3.02. The Morgan fingerprint density at radius 3 is 2.55 bits per heavy atom. The van der Waals surface area contributed by atoms with Crippen molar-refractivity contribution in [3.05, 3.63) is 58.4 Å². The average molecular weight is 301 g/mol. The van der Waals surface area contributed by atoms with E-state index < -0.39 is 4.92 Å². The maximum Gasteiger partial charge on any atom is 0.270 e. The molecule has 1 aliphatic heterocycles. The van der Waals surface area contributed by atoms with Crippen LogP contribution in [0.4, 0.5) is 5.69 Å². The Bertz CT molecular complexity index is 647. The summed E-state index contributed by atoms with van der Waals surface area (Å²) in [5, 5.41) is 20.7. The zero-order valence-corrected chi connectivity index (χ0v) is 12.3. The molecule has 2 aromatic rings. The highest BCUT2D eigenvalue weighted by Gasteiger charge is 2.21.